The average molecular weight is 368 g/mol. The molecule has 6 nitrogen and oxygen atoms in total. The number of ether oxygens (including phenoxy) is 1. The van der Waals surface area contributed by atoms with Crippen LogP contribution in [0, 0.1) is 5.92 Å². The van der Waals surface area contributed by atoms with E-state index < -0.39 is 5.97 Å². The summed E-state index contributed by atoms with van der Waals surface area (Å²) in [5.74, 6) is -0.392. The quantitative estimate of drug-likeness (QED) is 0.747. The van der Waals surface area contributed by atoms with Crippen LogP contribution in [0.5, 0.6) is 5.75 Å². The second-order valence-electron chi connectivity index (χ2n) is 6.75. The van der Waals surface area contributed by atoms with Crippen molar-refractivity contribution in [2.24, 2.45) is 5.92 Å². The van der Waals surface area contributed by atoms with Gasteiger partial charge in [0.1, 0.15) is 12.4 Å². The SMILES string of the molecule is O=C(CN1CCC(C(=O)O)C1)NCc1ccc(COc2ccccc2)cc1. The molecule has 2 aromatic carbocycles. The van der Waals surface area contributed by atoms with Crippen LogP contribution >= 0.6 is 0 Å². The number of hydrogen-bond donors (Lipinski definition) is 2. The first-order valence-electron chi connectivity index (χ1n) is 9.07. The summed E-state index contributed by atoms with van der Waals surface area (Å²) >= 11 is 0. The molecule has 0 saturated carbocycles. The van der Waals surface area contributed by atoms with Gasteiger partial charge in [0.2, 0.25) is 5.91 Å². The first kappa shape index (κ1) is 18.9. The van der Waals surface area contributed by atoms with Crippen LogP contribution in [0.25, 0.3) is 0 Å². The third-order valence-corrected chi connectivity index (χ3v) is 4.65. The van der Waals surface area contributed by atoms with Gasteiger partial charge >= 0.3 is 5.97 Å². The number of rotatable bonds is 8. The number of hydrogen-bond acceptors (Lipinski definition) is 4. The summed E-state index contributed by atoms with van der Waals surface area (Å²) in [7, 11) is 0. The van der Waals surface area contributed by atoms with Crippen LogP contribution in [0.15, 0.2) is 54.6 Å². The Morgan fingerprint density at radius 3 is 2.44 bits per heavy atom. The highest BCUT2D eigenvalue weighted by Gasteiger charge is 2.28. The van der Waals surface area contributed by atoms with Crippen molar-refractivity contribution in [3.63, 3.8) is 0 Å². The van der Waals surface area contributed by atoms with Crippen molar-refractivity contribution in [2.75, 3.05) is 19.6 Å². The van der Waals surface area contributed by atoms with Gasteiger partial charge in [0.05, 0.1) is 12.5 Å². The second kappa shape index (κ2) is 9.19. The van der Waals surface area contributed by atoms with Crippen LogP contribution in [0.3, 0.4) is 0 Å². The normalized spacial score (nSPS) is 16.8. The molecule has 2 N–H and O–H groups in total. The van der Waals surface area contributed by atoms with Crippen LogP contribution < -0.4 is 10.1 Å². The molecule has 0 radical (unpaired) electrons. The minimum Gasteiger partial charge on any atom is -0.489 e. The van der Waals surface area contributed by atoms with Gasteiger partial charge in [-0.1, -0.05) is 42.5 Å². The average Bonchev–Trinajstić information content (AvgIpc) is 3.15. The van der Waals surface area contributed by atoms with E-state index in [0.29, 0.717) is 32.7 Å². The van der Waals surface area contributed by atoms with Gasteiger partial charge in [0.25, 0.3) is 0 Å². The van der Waals surface area contributed by atoms with E-state index in [1.54, 1.807) is 0 Å². The van der Waals surface area contributed by atoms with Gasteiger partial charge < -0.3 is 15.2 Å². The Bertz CT molecular complexity index is 762. The van der Waals surface area contributed by atoms with Gasteiger partial charge in [-0.05, 0) is 36.2 Å². The van der Waals surface area contributed by atoms with Crippen molar-refractivity contribution in [1.82, 2.24) is 10.2 Å². The largest absolute Gasteiger partial charge is 0.489 e. The standard InChI is InChI=1S/C21H24N2O4/c24-20(14-23-11-10-18(13-23)21(25)26)22-12-16-6-8-17(9-7-16)15-27-19-4-2-1-3-5-19/h1-9,18H,10-15H2,(H,22,24)(H,25,26). The lowest BCUT2D eigenvalue weighted by Gasteiger charge is -2.15. The number of carboxylic acids is 1. The zero-order valence-corrected chi connectivity index (χ0v) is 15.1. The highest BCUT2D eigenvalue weighted by molar-refractivity contribution is 5.78. The maximum atomic E-state index is 12.1. The molecule has 0 aliphatic carbocycles. The summed E-state index contributed by atoms with van der Waals surface area (Å²) in [6.45, 7) is 2.29. The lowest BCUT2D eigenvalue weighted by molar-refractivity contribution is -0.141. The molecule has 0 spiro atoms. The van der Waals surface area contributed by atoms with E-state index in [2.05, 4.69) is 5.32 Å². The van der Waals surface area contributed by atoms with E-state index in [-0.39, 0.29) is 18.4 Å². The molecule has 1 unspecified atom stereocenters. The molecule has 0 bridgehead atoms. The lowest BCUT2D eigenvalue weighted by Crippen LogP contribution is -2.36. The van der Waals surface area contributed by atoms with Crippen molar-refractivity contribution in [3.05, 3.63) is 65.7 Å². The maximum Gasteiger partial charge on any atom is 0.307 e. The predicted molar refractivity (Wildman–Crippen MR) is 101 cm³/mol. The van der Waals surface area contributed by atoms with Gasteiger partial charge in [0.15, 0.2) is 0 Å². The summed E-state index contributed by atoms with van der Waals surface area (Å²) < 4.78 is 5.71. The van der Waals surface area contributed by atoms with Crippen molar-refractivity contribution in [3.8, 4) is 5.75 Å². The number of likely N-dealkylation sites (tertiary alicyclic amines) is 1. The van der Waals surface area contributed by atoms with Crippen molar-refractivity contribution < 1.29 is 19.4 Å². The highest BCUT2D eigenvalue weighted by atomic mass is 16.5. The van der Waals surface area contributed by atoms with E-state index >= 15 is 0 Å². The van der Waals surface area contributed by atoms with Gasteiger partial charge in [-0.25, -0.2) is 0 Å². The molecule has 1 amide bonds. The van der Waals surface area contributed by atoms with Crippen molar-refractivity contribution in [1.29, 1.82) is 0 Å². The minimum atomic E-state index is -0.783. The molecule has 1 aliphatic heterocycles. The van der Waals surface area contributed by atoms with Crippen LogP contribution in [0.4, 0.5) is 0 Å². The minimum absolute atomic E-state index is 0.0856. The fraction of sp³-hybridized carbons (Fsp3) is 0.333. The molecule has 1 saturated heterocycles. The fourth-order valence-corrected chi connectivity index (χ4v) is 3.07. The third-order valence-electron chi connectivity index (χ3n) is 4.65. The summed E-state index contributed by atoms with van der Waals surface area (Å²) in [5, 5.41) is 11.9. The zero-order chi connectivity index (χ0) is 19.1. The molecule has 27 heavy (non-hydrogen) atoms. The maximum absolute atomic E-state index is 12.1. The molecule has 3 rings (SSSR count). The molecule has 1 atom stereocenters. The van der Waals surface area contributed by atoms with E-state index in [1.807, 2.05) is 59.5 Å². The number of benzene rings is 2. The summed E-state index contributed by atoms with van der Waals surface area (Å²) in [6.07, 6.45) is 0.606. The van der Waals surface area contributed by atoms with Crippen molar-refractivity contribution in [2.45, 2.75) is 19.6 Å². The highest BCUT2D eigenvalue weighted by Crippen LogP contribution is 2.16. The van der Waals surface area contributed by atoms with Crippen LogP contribution in [-0.4, -0.2) is 41.5 Å². The number of aliphatic carboxylic acids is 1. The molecule has 142 valence electrons. The summed E-state index contributed by atoms with van der Waals surface area (Å²) in [5.41, 5.74) is 2.07. The van der Waals surface area contributed by atoms with Crippen LogP contribution in [0.2, 0.25) is 0 Å². The van der Waals surface area contributed by atoms with E-state index in [1.165, 1.54) is 0 Å². The monoisotopic (exact) mass is 368 g/mol. The Kier molecular flexibility index (Phi) is 6.44. The lowest BCUT2D eigenvalue weighted by atomic mass is 10.1. The van der Waals surface area contributed by atoms with Gasteiger partial charge in [0, 0.05) is 13.1 Å². The number of nitrogens with zero attached hydrogens (tertiary/aromatic N) is 1. The molecular weight excluding hydrogens is 344 g/mol. The Morgan fingerprint density at radius 1 is 1.07 bits per heavy atom. The summed E-state index contributed by atoms with van der Waals surface area (Å²) in [6, 6.07) is 17.6. The van der Waals surface area contributed by atoms with E-state index in [0.717, 1.165) is 16.9 Å². The Balaban J connectivity index is 1.39. The number of carboxylic acid groups (broad SMARTS) is 1. The predicted octanol–water partition coefficient (Wildman–Crippen LogP) is 2.29. The molecular formula is C21H24N2O4. The first-order chi connectivity index (χ1) is 13.1. The molecule has 2 aromatic rings. The van der Waals surface area contributed by atoms with Gasteiger partial charge in [-0.2, -0.15) is 0 Å². The first-order valence-corrected chi connectivity index (χ1v) is 9.07. The molecule has 6 heteroatoms. The number of para-hydroxylation sites is 1. The molecule has 1 heterocycles. The topological polar surface area (TPSA) is 78.9 Å². The number of carbonyl (C=O) groups excluding carboxylic acids is 1. The number of nitrogens with one attached hydrogen (secondary N) is 1. The van der Waals surface area contributed by atoms with Crippen LogP contribution in [0.1, 0.15) is 17.5 Å². The third kappa shape index (κ3) is 5.82. The molecule has 1 fully saturated rings. The van der Waals surface area contributed by atoms with Crippen LogP contribution in [-0.2, 0) is 22.7 Å². The zero-order valence-electron chi connectivity index (χ0n) is 15.1. The van der Waals surface area contributed by atoms with E-state index in [4.69, 9.17) is 9.84 Å². The fourth-order valence-electron chi connectivity index (χ4n) is 3.07. The Labute approximate surface area is 158 Å². The Morgan fingerprint density at radius 2 is 1.78 bits per heavy atom. The number of amides is 1. The smallest absolute Gasteiger partial charge is 0.307 e. The van der Waals surface area contributed by atoms with Gasteiger partial charge in [-0.15, -0.1) is 0 Å². The Hall–Kier alpha value is -2.86. The second-order valence-corrected chi connectivity index (χ2v) is 6.75. The van der Waals surface area contributed by atoms with Crippen molar-refractivity contribution >= 4 is 11.9 Å². The molecule has 0 aromatic heterocycles. The van der Waals surface area contributed by atoms with E-state index in [9.17, 15) is 9.59 Å². The molecule has 1 aliphatic rings. The number of carbonyl (C=O) groups is 2. The summed E-state index contributed by atoms with van der Waals surface area (Å²) in [4.78, 5) is 24.9. The van der Waals surface area contributed by atoms with Gasteiger partial charge in [-0.3, -0.25) is 14.5 Å².